The molecule has 1 aliphatic rings. The molecule has 2 rings (SSSR count). The Labute approximate surface area is 181 Å². The van der Waals surface area contributed by atoms with Crippen LogP contribution in [0.1, 0.15) is 50.4 Å². The summed E-state index contributed by atoms with van der Waals surface area (Å²) in [7, 11) is 0. The van der Waals surface area contributed by atoms with Crippen molar-refractivity contribution in [2.75, 3.05) is 6.54 Å². The van der Waals surface area contributed by atoms with Crippen LogP contribution in [-0.4, -0.2) is 69.6 Å². The summed E-state index contributed by atoms with van der Waals surface area (Å²) in [5.41, 5.74) is 0.408. The first kappa shape index (κ1) is 24.3. The van der Waals surface area contributed by atoms with Crippen LogP contribution in [0.3, 0.4) is 0 Å². The Morgan fingerprint density at radius 2 is 1.74 bits per heavy atom. The highest BCUT2D eigenvalue weighted by Crippen LogP contribution is 2.19. The maximum Gasteiger partial charge on any atom is 0.326 e. The van der Waals surface area contributed by atoms with Gasteiger partial charge in [0.05, 0.1) is 12.1 Å². The van der Waals surface area contributed by atoms with Gasteiger partial charge in [-0.1, -0.05) is 32.0 Å². The number of carboxylic acid groups (broad SMARTS) is 2. The molecule has 4 N–H and O–H groups in total. The number of nitrogens with zero attached hydrogens (tertiary/aromatic N) is 1. The minimum absolute atomic E-state index is 0.0886. The number of aliphatic carboxylic acids is 2. The van der Waals surface area contributed by atoms with Gasteiger partial charge in [-0.25, -0.2) is 4.79 Å². The van der Waals surface area contributed by atoms with Crippen molar-refractivity contribution >= 4 is 23.8 Å². The molecule has 0 spiro atoms. The second-order valence-electron chi connectivity index (χ2n) is 8.31. The monoisotopic (exact) mass is 433 g/mol. The Morgan fingerprint density at radius 3 is 2.29 bits per heavy atom. The minimum Gasteiger partial charge on any atom is -0.480 e. The molecule has 0 saturated carbocycles. The van der Waals surface area contributed by atoms with Gasteiger partial charge in [0.2, 0.25) is 5.91 Å². The first-order valence-corrected chi connectivity index (χ1v) is 10.5. The minimum atomic E-state index is -1.22. The number of amides is 2. The highest BCUT2D eigenvalue weighted by atomic mass is 16.4. The van der Waals surface area contributed by atoms with E-state index in [-0.39, 0.29) is 5.92 Å². The zero-order chi connectivity index (χ0) is 23.1. The third kappa shape index (κ3) is 6.52. The van der Waals surface area contributed by atoms with E-state index in [9.17, 15) is 29.4 Å². The van der Waals surface area contributed by atoms with Gasteiger partial charge in [-0.05, 0) is 44.2 Å². The first-order chi connectivity index (χ1) is 14.6. The van der Waals surface area contributed by atoms with Gasteiger partial charge in [0.25, 0.3) is 5.91 Å². The molecule has 0 bridgehead atoms. The lowest BCUT2D eigenvalue weighted by atomic mass is 9.96. The molecule has 1 saturated heterocycles. The van der Waals surface area contributed by atoms with Gasteiger partial charge in [0.1, 0.15) is 12.1 Å². The molecule has 1 aromatic rings. The van der Waals surface area contributed by atoms with Crippen LogP contribution in [-0.2, 0) is 14.4 Å². The third-order valence-electron chi connectivity index (χ3n) is 5.37. The lowest BCUT2D eigenvalue weighted by Gasteiger charge is -2.31. The van der Waals surface area contributed by atoms with Gasteiger partial charge in [-0.15, -0.1) is 0 Å². The molecule has 170 valence electrons. The fourth-order valence-electron chi connectivity index (χ4n) is 3.86. The van der Waals surface area contributed by atoms with E-state index >= 15 is 0 Å². The molecule has 0 aromatic heterocycles. The highest BCUT2D eigenvalue weighted by Gasteiger charge is 2.38. The van der Waals surface area contributed by atoms with Crippen molar-refractivity contribution in [2.45, 2.75) is 64.2 Å². The highest BCUT2D eigenvalue weighted by molar-refractivity contribution is 5.95. The van der Waals surface area contributed by atoms with Gasteiger partial charge < -0.3 is 20.4 Å². The van der Waals surface area contributed by atoms with Crippen molar-refractivity contribution < 1.29 is 29.4 Å². The van der Waals surface area contributed by atoms with Crippen molar-refractivity contribution in [2.24, 2.45) is 5.92 Å². The van der Waals surface area contributed by atoms with Crippen LogP contribution in [0.25, 0.3) is 0 Å². The Kier molecular flexibility index (Phi) is 8.56. The van der Waals surface area contributed by atoms with Crippen LogP contribution in [0, 0.1) is 5.92 Å². The zero-order valence-electron chi connectivity index (χ0n) is 18.1. The number of benzene rings is 1. The maximum absolute atomic E-state index is 12.8. The number of hydrogen-bond acceptors (Lipinski definition) is 5. The van der Waals surface area contributed by atoms with Gasteiger partial charge in [-0.2, -0.15) is 0 Å². The third-order valence-corrected chi connectivity index (χ3v) is 5.37. The Morgan fingerprint density at radius 1 is 1.10 bits per heavy atom. The summed E-state index contributed by atoms with van der Waals surface area (Å²) >= 11 is 0. The number of carbonyl (C=O) groups is 4. The number of nitrogens with one attached hydrogen (secondary N) is 2. The normalized spacial score (nSPS) is 19.0. The molecule has 9 nitrogen and oxygen atoms in total. The van der Waals surface area contributed by atoms with Crippen molar-refractivity contribution in [3.8, 4) is 0 Å². The molecular weight excluding hydrogens is 402 g/mol. The van der Waals surface area contributed by atoms with E-state index in [1.165, 1.54) is 11.8 Å². The molecule has 0 aliphatic carbocycles. The van der Waals surface area contributed by atoms with Gasteiger partial charge in [-0.3, -0.25) is 19.7 Å². The zero-order valence-corrected chi connectivity index (χ0v) is 18.1. The van der Waals surface area contributed by atoms with E-state index in [0.29, 0.717) is 31.4 Å². The summed E-state index contributed by atoms with van der Waals surface area (Å²) in [6.45, 7) is 5.66. The second-order valence-corrected chi connectivity index (χ2v) is 8.31. The second kappa shape index (κ2) is 10.9. The molecule has 1 fully saturated rings. The summed E-state index contributed by atoms with van der Waals surface area (Å²) < 4.78 is 0. The summed E-state index contributed by atoms with van der Waals surface area (Å²) in [4.78, 5) is 50.2. The van der Waals surface area contributed by atoms with Crippen LogP contribution in [0.4, 0.5) is 0 Å². The summed E-state index contributed by atoms with van der Waals surface area (Å²) in [6.07, 6.45) is 1.34. The van der Waals surface area contributed by atoms with Gasteiger partial charge >= 0.3 is 11.9 Å². The predicted octanol–water partition coefficient (Wildman–Crippen LogP) is 1.34. The summed E-state index contributed by atoms with van der Waals surface area (Å²) in [6, 6.07) is 4.67. The average Bonchev–Trinajstić information content (AvgIpc) is 3.21. The standard InChI is InChI=1S/C22H31N3O6/c1-13(2)12-16(24-19(26)15-8-5-4-6-9-15)18(22(30)31)23-14(3)20(27)25-11-7-10-17(25)21(28)29/h4-6,8-9,13-14,16-18,23H,7,10-12H2,1-3H3,(H,24,26)(H,28,29)(H,30,31)/t14-,16?,17-,18?/m0/s1. The SMILES string of the molecule is CC(C)CC(NC(=O)c1ccccc1)C(N[C@@H](C)C(=O)N1CCC[C@H]1C(=O)O)C(=O)O. The van der Waals surface area contributed by atoms with Crippen LogP contribution in [0.5, 0.6) is 0 Å². The van der Waals surface area contributed by atoms with E-state index in [4.69, 9.17) is 0 Å². The van der Waals surface area contributed by atoms with E-state index in [1.807, 2.05) is 13.8 Å². The van der Waals surface area contributed by atoms with Gasteiger partial charge in [0.15, 0.2) is 0 Å². The van der Waals surface area contributed by atoms with Crippen LogP contribution >= 0.6 is 0 Å². The molecule has 1 heterocycles. The van der Waals surface area contributed by atoms with Crippen molar-refractivity contribution in [3.05, 3.63) is 35.9 Å². The lowest BCUT2D eigenvalue weighted by molar-refractivity contribution is -0.149. The first-order valence-electron chi connectivity index (χ1n) is 10.5. The molecular formula is C22H31N3O6. The van der Waals surface area contributed by atoms with Crippen molar-refractivity contribution in [1.82, 2.24) is 15.5 Å². The Bertz CT molecular complexity index is 798. The van der Waals surface area contributed by atoms with Gasteiger partial charge in [0, 0.05) is 12.1 Å². The summed E-state index contributed by atoms with van der Waals surface area (Å²) in [5, 5.41) is 24.8. The fourth-order valence-corrected chi connectivity index (χ4v) is 3.86. The number of carbonyl (C=O) groups excluding carboxylic acids is 2. The smallest absolute Gasteiger partial charge is 0.326 e. The van der Waals surface area contributed by atoms with Crippen LogP contribution in [0.15, 0.2) is 30.3 Å². The largest absolute Gasteiger partial charge is 0.480 e. The number of hydrogen-bond donors (Lipinski definition) is 4. The van der Waals surface area contributed by atoms with Crippen molar-refractivity contribution in [1.29, 1.82) is 0 Å². The van der Waals surface area contributed by atoms with Crippen molar-refractivity contribution in [3.63, 3.8) is 0 Å². The van der Waals surface area contributed by atoms with E-state index in [1.54, 1.807) is 30.3 Å². The van der Waals surface area contributed by atoms with E-state index in [0.717, 1.165) is 0 Å². The average molecular weight is 434 g/mol. The molecule has 0 radical (unpaired) electrons. The molecule has 2 amide bonds. The maximum atomic E-state index is 12.8. The fraction of sp³-hybridized carbons (Fsp3) is 0.545. The predicted molar refractivity (Wildman–Crippen MR) is 114 cm³/mol. The number of rotatable bonds is 10. The summed E-state index contributed by atoms with van der Waals surface area (Å²) in [5.74, 6) is -3.04. The molecule has 4 atom stereocenters. The van der Waals surface area contributed by atoms with E-state index < -0.39 is 47.9 Å². The molecule has 1 aromatic carbocycles. The van der Waals surface area contributed by atoms with E-state index in [2.05, 4.69) is 10.6 Å². The lowest BCUT2D eigenvalue weighted by Crippen LogP contribution is -2.60. The molecule has 1 aliphatic heterocycles. The molecule has 31 heavy (non-hydrogen) atoms. The Hall–Kier alpha value is -2.94. The Balaban J connectivity index is 2.17. The topological polar surface area (TPSA) is 136 Å². The number of carboxylic acids is 2. The molecule has 9 heteroatoms. The number of likely N-dealkylation sites (tertiary alicyclic amines) is 1. The quantitative estimate of drug-likeness (QED) is 0.437. The van der Waals surface area contributed by atoms with Crippen LogP contribution < -0.4 is 10.6 Å². The molecule has 2 unspecified atom stereocenters. The van der Waals surface area contributed by atoms with Crippen LogP contribution in [0.2, 0.25) is 0 Å².